The van der Waals surface area contributed by atoms with Crippen molar-refractivity contribution in [2.75, 3.05) is 0 Å². The molecule has 0 fully saturated rings. The van der Waals surface area contributed by atoms with Crippen molar-refractivity contribution in [3.05, 3.63) is 39.6 Å². The fraction of sp³-hybridized carbons (Fsp3) is 0.267. The number of aromatic nitrogens is 1. The van der Waals surface area contributed by atoms with E-state index in [0.29, 0.717) is 5.56 Å². The van der Waals surface area contributed by atoms with Crippen LogP contribution < -0.4 is 0 Å². The summed E-state index contributed by atoms with van der Waals surface area (Å²) in [6.45, 7) is 0. The van der Waals surface area contributed by atoms with Crippen LogP contribution in [-0.2, 0) is 0 Å². The first-order chi connectivity index (χ1) is 9.16. The van der Waals surface area contributed by atoms with Gasteiger partial charge in [-0.1, -0.05) is 6.07 Å². The quantitative estimate of drug-likeness (QED) is 0.794. The molecule has 0 radical (unpaired) electrons. The lowest BCUT2D eigenvalue weighted by Gasteiger charge is -2.18. The van der Waals surface area contributed by atoms with Gasteiger partial charge in [-0.3, -0.25) is 0 Å². The summed E-state index contributed by atoms with van der Waals surface area (Å²) in [7, 11) is 0. The van der Waals surface area contributed by atoms with Crippen molar-refractivity contribution in [2.45, 2.75) is 25.7 Å². The highest BCUT2D eigenvalue weighted by atomic mass is 127. The van der Waals surface area contributed by atoms with E-state index in [1.807, 2.05) is 12.1 Å². The molecule has 1 aromatic carbocycles. The summed E-state index contributed by atoms with van der Waals surface area (Å²) in [5.41, 5.74) is 2.66. The number of carboxylic acid groups (broad SMARTS) is 1. The van der Waals surface area contributed by atoms with Crippen molar-refractivity contribution in [2.24, 2.45) is 0 Å². The van der Waals surface area contributed by atoms with Crippen LogP contribution in [0.25, 0.3) is 16.6 Å². The largest absolute Gasteiger partial charge is 0.478 e. The third kappa shape index (κ3) is 2.29. The second-order valence-electron chi connectivity index (χ2n) is 4.82. The van der Waals surface area contributed by atoms with Crippen LogP contribution in [0.15, 0.2) is 34.0 Å². The van der Waals surface area contributed by atoms with Gasteiger partial charge in [0, 0.05) is 15.5 Å². The molecule has 1 aromatic heterocycles. The van der Waals surface area contributed by atoms with Crippen molar-refractivity contribution >= 4 is 45.2 Å². The first kappa shape index (κ1) is 12.7. The number of hydrogen-bond acceptors (Lipinski definition) is 1. The molecule has 0 aliphatic heterocycles. The SMILES string of the molecule is O=C(O)c1ccc2ccn(C3=C(I)CCCC3)c2c1. The van der Waals surface area contributed by atoms with E-state index in [-0.39, 0.29) is 0 Å². The summed E-state index contributed by atoms with van der Waals surface area (Å²) < 4.78 is 3.55. The fourth-order valence-corrected chi connectivity index (χ4v) is 3.51. The van der Waals surface area contributed by atoms with Gasteiger partial charge in [0.05, 0.1) is 11.1 Å². The molecule has 19 heavy (non-hydrogen) atoms. The summed E-state index contributed by atoms with van der Waals surface area (Å²) in [5, 5.41) is 10.2. The number of aromatic carboxylic acids is 1. The van der Waals surface area contributed by atoms with Gasteiger partial charge in [0.2, 0.25) is 0 Å². The number of hydrogen-bond donors (Lipinski definition) is 1. The predicted molar refractivity (Wildman–Crippen MR) is 84.6 cm³/mol. The molecule has 0 unspecified atom stereocenters. The zero-order valence-electron chi connectivity index (χ0n) is 10.4. The van der Waals surface area contributed by atoms with Crippen molar-refractivity contribution in [3.8, 4) is 0 Å². The highest BCUT2D eigenvalue weighted by Gasteiger charge is 2.15. The third-order valence-corrected chi connectivity index (χ3v) is 4.77. The van der Waals surface area contributed by atoms with E-state index >= 15 is 0 Å². The van der Waals surface area contributed by atoms with Gasteiger partial charge >= 0.3 is 5.97 Å². The standard InChI is InChI=1S/C15H14INO2/c16-12-3-1-2-4-13(12)17-8-7-10-5-6-11(15(18)19)9-14(10)17/h5-9H,1-4H2,(H,18,19). The lowest BCUT2D eigenvalue weighted by Crippen LogP contribution is -2.03. The number of halogens is 1. The number of benzene rings is 1. The van der Waals surface area contributed by atoms with Crippen LogP contribution in [0.2, 0.25) is 0 Å². The van der Waals surface area contributed by atoms with Crippen molar-refractivity contribution < 1.29 is 9.90 Å². The molecule has 0 amide bonds. The van der Waals surface area contributed by atoms with Gasteiger partial charge in [0.15, 0.2) is 0 Å². The topological polar surface area (TPSA) is 42.2 Å². The molecule has 1 N–H and O–H groups in total. The van der Waals surface area contributed by atoms with E-state index in [1.165, 1.54) is 22.1 Å². The maximum absolute atomic E-state index is 11.1. The lowest BCUT2D eigenvalue weighted by atomic mass is 10.0. The van der Waals surface area contributed by atoms with E-state index < -0.39 is 5.97 Å². The zero-order chi connectivity index (χ0) is 13.4. The van der Waals surface area contributed by atoms with Gasteiger partial charge in [-0.25, -0.2) is 4.79 Å². The Labute approximate surface area is 125 Å². The second-order valence-corrected chi connectivity index (χ2v) is 6.13. The molecule has 0 bridgehead atoms. The first-order valence-corrected chi connectivity index (χ1v) is 7.47. The van der Waals surface area contributed by atoms with Gasteiger partial charge in [-0.15, -0.1) is 0 Å². The van der Waals surface area contributed by atoms with Crippen LogP contribution in [0.5, 0.6) is 0 Å². The summed E-state index contributed by atoms with van der Waals surface area (Å²) >= 11 is 2.42. The van der Waals surface area contributed by atoms with E-state index in [0.717, 1.165) is 23.7 Å². The fourth-order valence-electron chi connectivity index (χ4n) is 2.60. The van der Waals surface area contributed by atoms with E-state index in [1.54, 1.807) is 12.1 Å². The Morgan fingerprint density at radius 1 is 1.21 bits per heavy atom. The van der Waals surface area contributed by atoms with Gasteiger partial charge in [-0.2, -0.15) is 0 Å². The Hall–Kier alpha value is -1.30. The molecule has 98 valence electrons. The summed E-state index contributed by atoms with van der Waals surface area (Å²) in [6, 6.07) is 7.36. The third-order valence-electron chi connectivity index (χ3n) is 3.60. The van der Waals surface area contributed by atoms with Gasteiger partial charge in [0.1, 0.15) is 0 Å². The molecule has 0 saturated carbocycles. The Morgan fingerprint density at radius 2 is 2.00 bits per heavy atom. The molecule has 1 aliphatic rings. The van der Waals surface area contributed by atoms with Gasteiger partial charge in [-0.05, 0) is 71.9 Å². The average molecular weight is 367 g/mol. The second kappa shape index (κ2) is 5.00. The summed E-state index contributed by atoms with van der Waals surface area (Å²) in [6.07, 6.45) is 6.71. The van der Waals surface area contributed by atoms with Gasteiger partial charge in [0.25, 0.3) is 0 Å². The Bertz CT molecular complexity index is 685. The van der Waals surface area contributed by atoms with E-state index in [9.17, 15) is 4.79 Å². The van der Waals surface area contributed by atoms with E-state index in [2.05, 4.69) is 33.4 Å². The monoisotopic (exact) mass is 367 g/mol. The van der Waals surface area contributed by atoms with Crippen LogP contribution >= 0.6 is 22.6 Å². The predicted octanol–water partition coefficient (Wildman–Crippen LogP) is 4.52. The molecule has 4 heteroatoms. The highest BCUT2D eigenvalue weighted by Crippen LogP contribution is 2.34. The van der Waals surface area contributed by atoms with Gasteiger partial charge < -0.3 is 9.67 Å². The molecule has 0 spiro atoms. The molecular weight excluding hydrogens is 353 g/mol. The van der Waals surface area contributed by atoms with Crippen molar-refractivity contribution in [3.63, 3.8) is 0 Å². The minimum absolute atomic E-state index is 0.346. The molecule has 3 nitrogen and oxygen atoms in total. The number of fused-ring (bicyclic) bond motifs is 1. The van der Waals surface area contributed by atoms with Crippen LogP contribution in [0, 0.1) is 0 Å². The maximum atomic E-state index is 11.1. The number of carboxylic acids is 1. The Balaban J connectivity index is 2.18. The van der Waals surface area contributed by atoms with Crippen LogP contribution in [0.4, 0.5) is 0 Å². The lowest BCUT2D eigenvalue weighted by molar-refractivity contribution is 0.0697. The smallest absolute Gasteiger partial charge is 0.335 e. The zero-order valence-corrected chi connectivity index (χ0v) is 12.6. The maximum Gasteiger partial charge on any atom is 0.335 e. The number of allylic oxidation sites excluding steroid dienone is 2. The Morgan fingerprint density at radius 3 is 2.74 bits per heavy atom. The van der Waals surface area contributed by atoms with Crippen LogP contribution in [0.3, 0.4) is 0 Å². The minimum Gasteiger partial charge on any atom is -0.478 e. The average Bonchev–Trinajstić information content (AvgIpc) is 2.82. The molecule has 1 aliphatic carbocycles. The molecule has 0 atom stereocenters. The van der Waals surface area contributed by atoms with Crippen LogP contribution in [-0.4, -0.2) is 15.6 Å². The first-order valence-electron chi connectivity index (χ1n) is 6.39. The minimum atomic E-state index is -0.873. The van der Waals surface area contributed by atoms with Crippen LogP contribution in [0.1, 0.15) is 36.0 Å². The highest BCUT2D eigenvalue weighted by molar-refractivity contribution is 14.1. The summed E-state index contributed by atoms with van der Waals surface area (Å²) in [4.78, 5) is 11.1. The Kier molecular flexibility index (Phi) is 3.35. The number of carbonyl (C=O) groups is 1. The molecule has 3 rings (SSSR count). The molecule has 1 heterocycles. The molecule has 0 saturated heterocycles. The molecule has 2 aromatic rings. The number of rotatable bonds is 2. The van der Waals surface area contributed by atoms with E-state index in [4.69, 9.17) is 5.11 Å². The molecular formula is C15H14INO2. The van der Waals surface area contributed by atoms with Crippen molar-refractivity contribution in [1.82, 2.24) is 4.57 Å². The normalized spacial score (nSPS) is 16.1. The number of nitrogens with zero attached hydrogens (tertiary/aromatic N) is 1. The van der Waals surface area contributed by atoms with Crippen molar-refractivity contribution in [1.29, 1.82) is 0 Å². The summed E-state index contributed by atoms with van der Waals surface area (Å²) in [5.74, 6) is -0.873.